The molecule has 0 bridgehead atoms. The number of nitriles is 1. The van der Waals surface area contributed by atoms with Crippen molar-refractivity contribution in [2.24, 2.45) is 5.92 Å². The van der Waals surface area contributed by atoms with Crippen LogP contribution in [-0.2, 0) is 4.74 Å². The topological polar surface area (TPSA) is 45.0 Å². The number of nitrogens with zero attached hydrogens (tertiary/aromatic N) is 1. The van der Waals surface area contributed by atoms with Crippen molar-refractivity contribution in [2.45, 2.75) is 90.3 Å². The van der Waals surface area contributed by atoms with Crippen molar-refractivity contribution in [3.63, 3.8) is 0 Å². The van der Waals surface area contributed by atoms with Crippen LogP contribution in [0.2, 0.25) is 0 Å². The summed E-state index contributed by atoms with van der Waals surface area (Å²) in [6.07, 6.45) is 8.69. The summed E-state index contributed by atoms with van der Waals surface area (Å²) in [4.78, 5) is 0. The summed E-state index contributed by atoms with van der Waals surface area (Å²) in [6.45, 7) is 9.22. The zero-order valence-corrected chi connectivity index (χ0v) is 13.7. The molecule has 0 radical (unpaired) electrons. The molecule has 0 heterocycles. The van der Waals surface area contributed by atoms with E-state index in [-0.39, 0.29) is 0 Å². The Morgan fingerprint density at radius 1 is 1.40 bits per heavy atom. The number of nitrogens with one attached hydrogen (secondary N) is 1. The lowest BCUT2D eigenvalue weighted by Gasteiger charge is -2.29. The molecule has 0 aliphatic heterocycles. The monoisotopic (exact) mass is 280 g/mol. The third-order valence-corrected chi connectivity index (χ3v) is 4.34. The number of rotatable bonds is 8. The van der Waals surface area contributed by atoms with E-state index in [0.29, 0.717) is 12.1 Å². The SMILES string of the molecule is CCC1CCCC(OCCCC(C)(C#N)NC(C)C)C1. The Morgan fingerprint density at radius 3 is 2.75 bits per heavy atom. The molecule has 1 aliphatic rings. The summed E-state index contributed by atoms with van der Waals surface area (Å²) in [5.41, 5.74) is -0.421. The first-order chi connectivity index (χ1) is 9.49. The molecule has 3 atom stereocenters. The minimum absolute atomic E-state index is 0.337. The van der Waals surface area contributed by atoms with Gasteiger partial charge in [0, 0.05) is 12.6 Å². The van der Waals surface area contributed by atoms with E-state index in [9.17, 15) is 5.26 Å². The van der Waals surface area contributed by atoms with Gasteiger partial charge in [0.05, 0.1) is 12.2 Å². The van der Waals surface area contributed by atoms with E-state index in [4.69, 9.17) is 4.74 Å². The third-order valence-electron chi connectivity index (χ3n) is 4.34. The second kappa shape index (κ2) is 8.64. The molecule has 1 fully saturated rings. The van der Waals surface area contributed by atoms with Crippen LogP contribution in [0.5, 0.6) is 0 Å². The lowest BCUT2D eigenvalue weighted by molar-refractivity contribution is 0.00931. The molecular weight excluding hydrogens is 248 g/mol. The van der Waals surface area contributed by atoms with E-state index in [1.165, 1.54) is 32.1 Å². The second-order valence-electron chi connectivity index (χ2n) is 6.78. The Bertz CT molecular complexity index is 311. The van der Waals surface area contributed by atoms with Crippen molar-refractivity contribution in [3.05, 3.63) is 0 Å². The predicted molar refractivity (Wildman–Crippen MR) is 83.5 cm³/mol. The van der Waals surface area contributed by atoms with Gasteiger partial charge in [0.2, 0.25) is 0 Å². The Hall–Kier alpha value is -0.590. The molecule has 0 aromatic rings. The van der Waals surface area contributed by atoms with E-state index >= 15 is 0 Å². The maximum absolute atomic E-state index is 9.30. The summed E-state index contributed by atoms with van der Waals surface area (Å²) in [6, 6.07) is 2.73. The Morgan fingerprint density at radius 2 is 2.15 bits per heavy atom. The summed E-state index contributed by atoms with van der Waals surface area (Å²) in [5.74, 6) is 0.862. The Labute approximate surface area is 125 Å². The molecule has 0 spiro atoms. The highest BCUT2D eigenvalue weighted by Gasteiger charge is 2.25. The highest BCUT2D eigenvalue weighted by atomic mass is 16.5. The first-order valence-corrected chi connectivity index (χ1v) is 8.29. The van der Waals surface area contributed by atoms with Gasteiger partial charge in [-0.05, 0) is 52.4 Å². The van der Waals surface area contributed by atoms with Gasteiger partial charge < -0.3 is 4.74 Å². The van der Waals surface area contributed by atoms with Crippen LogP contribution in [0.15, 0.2) is 0 Å². The van der Waals surface area contributed by atoms with Gasteiger partial charge in [0.25, 0.3) is 0 Å². The summed E-state index contributed by atoms with van der Waals surface area (Å²) < 4.78 is 6.02. The van der Waals surface area contributed by atoms with E-state index < -0.39 is 5.54 Å². The van der Waals surface area contributed by atoms with E-state index in [0.717, 1.165) is 25.4 Å². The molecule has 1 saturated carbocycles. The van der Waals surface area contributed by atoms with Crippen molar-refractivity contribution >= 4 is 0 Å². The fourth-order valence-corrected chi connectivity index (χ4v) is 3.24. The lowest BCUT2D eigenvalue weighted by Crippen LogP contribution is -2.45. The molecule has 20 heavy (non-hydrogen) atoms. The van der Waals surface area contributed by atoms with Gasteiger partial charge in [-0.1, -0.05) is 26.2 Å². The molecular formula is C17H32N2O. The highest BCUT2D eigenvalue weighted by Crippen LogP contribution is 2.28. The average molecular weight is 280 g/mol. The Kier molecular flexibility index (Phi) is 7.55. The summed E-state index contributed by atoms with van der Waals surface area (Å²) in [5, 5.41) is 12.6. The van der Waals surface area contributed by atoms with Crippen molar-refractivity contribution < 1.29 is 4.74 Å². The first kappa shape index (κ1) is 17.5. The molecule has 0 amide bonds. The van der Waals surface area contributed by atoms with Crippen molar-refractivity contribution in [3.8, 4) is 6.07 Å². The van der Waals surface area contributed by atoms with Gasteiger partial charge in [-0.3, -0.25) is 5.32 Å². The fraction of sp³-hybridized carbons (Fsp3) is 0.941. The number of hydrogen-bond acceptors (Lipinski definition) is 3. The molecule has 1 rings (SSSR count). The van der Waals surface area contributed by atoms with Gasteiger partial charge in [0.15, 0.2) is 0 Å². The van der Waals surface area contributed by atoms with Gasteiger partial charge in [0.1, 0.15) is 5.54 Å². The average Bonchev–Trinajstić information content (AvgIpc) is 2.43. The molecule has 1 aliphatic carbocycles. The van der Waals surface area contributed by atoms with Crippen LogP contribution >= 0.6 is 0 Å². The lowest BCUT2D eigenvalue weighted by atomic mass is 9.85. The maximum atomic E-state index is 9.30. The molecule has 0 saturated heterocycles. The predicted octanol–water partition coefficient (Wildman–Crippen LogP) is 4.03. The summed E-state index contributed by atoms with van der Waals surface area (Å²) >= 11 is 0. The number of hydrogen-bond donors (Lipinski definition) is 1. The molecule has 3 unspecified atom stereocenters. The van der Waals surface area contributed by atoms with Crippen LogP contribution in [0.4, 0.5) is 0 Å². The molecule has 0 aromatic heterocycles. The zero-order chi connectivity index (χ0) is 15.0. The van der Waals surface area contributed by atoms with E-state index in [1.807, 2.05) is 6.92 Å². The highest BCUT2D eigenvalue weighted by molar-refractivity contribution is 5.04. The van der Waals surface area contributed by atoms with Crippen molar-refractivity contribution in [2.75, 3.05) is 6.61 Å². The molecule has 3 heteroatoms. The van der Waals surface area contributed by atoms with Crippen LogP contribution in [0.1, 0.15) is 72.6 Å². The standard InChI is InChI=1S/C17H32N2O/c1-5-15-8-6-9-16(12-15)20-11-7-10-17(4,13-18)19-14(2)3/h14-16,19H,5-12H2,1-4H3. The van der Waals surface area contributed by atoms with Crippen molar-refractivity contribution in [1.82, 2.24) is 5.32 Å². The first-order valence-electron chi connectivity index (χ1n) is 8.29. The normalized spacial score (nSPS) is 26.2. The van der Waals surface area contributed by atoms with Crippen LogP contribution in [-0.4, -0.2) is 24.3 Å². The van der Waals surface area contributed by atoms with E-state index in [1.54, 1.807) is 0 Å². The van der Waals surface area contributed by atoms with E-state index in [2.05, 4.69) is 32.2 Å². The Balaban J connectivity index is 2.22. The smallest absolute Gasteiger partial charge is 0.104 e. The molecule has 3 nitrogen and oxygen atoms in total. The largest absolute Gasteiger partial charge is 0.378 e. The number of ether oxygens (including phenoxy) is 1. The van der Waals surface area contributed by atoms with Crippen molar-refractivity contribution in [1.29, 1.82) is 5.26 Å². The zero-order valence-electron chi connectivity index (χ0n) is 13.7. The van der Waals surface area contributed by atoms with Crippen LogP contribution < -0.4 is 5.32 Å². The van der Waals surface area contributed by atoms with Crippen LogP contribution in [0.25, 0.3) is 0 Å². The fourth-order valence-electron chi connectivity index (χ4n) is 3.24. The second-order valence-corrected chi connectivity index (χ2v) is 6.78. The summed E-state index contributed by atoms with van der Waals surface area (Å²) in [7, 11) is 0. The van der Waals surface area contributed by atoms with Gasteiger partial charge >= 0.3 is 0 Å². The molecule has 0 aromatic carbocycles. The maximum Gasteiger partial charge on any atom is 0.104 e. The van der Waals surface area contributed by atoms with Crippen LogP contribution in [0.3, 0.4) is 0 Å². The van der Waals surface area contributed by atoms with Gasteiger partial charge in [-0.15, -0.1) is 0 Å². The van der Waals surface area contributed by atoms with Gasteiger partial charge in [-0.25, -0.2) is 0 Å². The minimum Gasteiger partial charge on any atom is -0.378 e. The minimum atomic E-state index is -0.421. The van der Waals surface area contributed by atoms with Crippen LogP contribution in [0, 0.1) is 17.2 Å². The quantitative estimate of drug-likeness (QED) is 0.683. The molecule has 116 valence electrons. The van der Waals surface area contributed by atoms with Gasteiger partial charge in [-0.2, -0.15) is 5.26 Å². The third kappa shape index (κ3) is 6.24. The molecule has 1 N–H and O–H groups in total.